The van der Waals surface area contributed by atoms with Crippen molar-refractivity contribution in [2.75, 3.05) is 13.1 Å². The molecule has 1 aromatic rings. The molecule has 1 N–H and O–H groups in total. The maximum absolute atomic E-state index is 12.1. The van der Waals surface area contributed by atoms with Crippen LogP contribution < -0.4 is 0 Å². The summed E-state index contributed by atoms with van der Waals surface area (Å²) < 4.78 is 25.5. The van der Waals surface area contributed by atoms with Gasteiger partial charge in [0.2, 0.25) is 10.0 Å². The fraction of sp³-hybridized carbons (Fsp3) is 0.333. The average Bonchev–Trinajstić information content (AvgIpc) is 2.25. The van der Waals surface area contributed by atoms with E-state index in [1.807, 2.05) is 0 Å². The predicted octanol–water partition coefficient (Wildman–Crippen LogP) is 0.939. The first kappa shape index (κ1) is 14.1. The zero-order chi connectivity index (χ0) is 13.1. The largest absolute Gasteiger partial charge is 0.480 e. The lowest BCUT2D eigenvalue weighted by Gasteiger charge is -2.18. The number of hydrogen-bond donors (Lipinski definition) is 1. The fourth-order valence-corrected chi connectivity index (χ4v) is 3.10. The minimum Gasteiger partial charge on any atom is -0.480 e. The van der Waals surface area contributed by atoms with E-state index in [1.54, 1.807) is 6.92 Å². The fourth-order valence-electron chi connectivity index (χ4n) is 1.20. The smallest absolute Gasteiger partial charge is 0.318 e. The third-order valence-electron chi connectivity index (χ3n) is 1.98. The quantitative estimate of drug-likeness (QED) is 0.871. The zero-order valence-corrected chi connectivity index (χ0v) is 11.4. The molecule has 94 valence electrons. The van der Waals surface area contributed by atoms with Crippen LogP contribution in [0, 0.1) is 0 Å². The van der Waals surface area contributed by atoms with Gasteiger partial charge in [0, 0.05) is 23.4 Å². The van der Waals surface area contributed by atoms with Gasteiger partial charge < -0.3 is 5.11 Å². The molecule has 0 atom stereocenters. The van der Waals surface area contributed by atoms with Gasteiger partial charge >= 0.3 is 5.97 Å². The Morgan fingerprint density at radius 3 is 2.65 bits per heavy atom. The lowest BCUT2D eigenvalue weighted by atomic mass is 10.5. The molecule has 0 amide bonds. The van der Waals surface area contributed by atoms with Crippen molar-refractivity contribution in [1.29, 1.82) is 0 Å². The summed E-state index contributed by atoms with van der Waals surface area (Å²) in [6.45, 7) is 1.10. The minimum atomic E-state index is -3.81. The summed E-state index contributed by atoms with van der Waals surface area (Å²) in [6, 6.07) is 1.38. The van der Waals surface area contributed by atoms with Crippen LogP contribution in [0.1, 0.15) is 6.92 Å². The van der Waals surface area contributed by atoms with Crippen molar-refractivity contribution in [1.82, 2.24) is 9.29 Å². The second-order valence-corrected chi connectivity index (χ2v) is 6.02. The van der Waals surface area contributed by atoms with Gasteiger partial charge in [-0.15, -0.1) is 0 Å². The third kappa shape index (κ3) is 3.48. The molecule has 6 nitrogen and oxygen atoms in total. The maximum Gasteiger partial charge on any atom is 0.318 e. The van der Waals surface area contributed by atoms with E-state index in [0.29, 0.717) is 4.47 Å². The summed E-state index contributed by atoms with van der Waals surface area (Å²) in [6.07, 6.45) is 2.64. The molecule has 1 heterocycles. The summed E-state index contributed by atoms with van der Waals surface area (Å²) in [5, 5.41) is 8.65. The molecule has 0 radical (unpaired) electrons. The van der Waals surface area contributed by atoms with E-state index in [-0.39, 0.29) is 11.4 Å². The summed E-state index contributed by atoms with van der Waals surface area (Å²) in [4.78, 5) is 14.3. The Morgan fingerprint density at radius 1 is 1.53 bits per heavy atom. The Morgan fingerprint density at radius 2 is 2.18 bits per heavy atom. The normalized spacial score (nSPS) is 11.7. The van der Waals surface area contributed by atoms with E-state index in [2.05, 4.69) is 20.9 Å². The zero-order valence-electron chi connectivity index (χ0n) is 9.00. The second-order valence-electron chi connectivity index (χ2n) is 3.16. The number of hydrogen-bond acceptors (Lipinski definition) is 4. The Labute approximate surface area is 107 Å². The van der Waals surface area contributed by atoms with E-state index in [4.69, 9.17) is 5.11 Å². The van der Waals surface area contributed by atoms with Crippen molar-refractivity contribution in [2.45, 2.75) is 11.8 Å². The standard InChI is InChI=1S/C9H11BrN2O4S/c1-2-12(6-9(13)14)17(15,16)8-3-7(10)4-11-5-8/h3-5H,2,6H2,1H3,(H,13,14). The maximum atomic E-state index is 12.1. The summed E-state index contributed by atoms with van der Waals surface area (Å²) in [7, 11) is -3.81. The van der Waals surface area contributed by atoms with Crippen LogP contribution in [-0.2, 0) is 14.8 Å². The third-order valence-corrected chi connectivity index (χ3v) is 4.30. The van der Waals surface area contributed by atoms with Crippen LogP contribution in [0.15, 0.2) is 27.8 Å². The number of likely N-dealkylation sites (N-methyl/N-ethyl adjacent to an activating group) is 1. The van der Waals surface area contributed by atoms with Gasteiger partial charge in [0.1, 0.15) is 11.4 Å². The monoisotopic (exact) mass is 322 g/mol. The number of aliphatic carboxylic acids is 1. The Kier molecular flexibility index (Phi) is 4.61. The number of carbonyl (C=O) groups is 1. The number of rotatable bonds is 5. The van der Waals surface area contributed by atoms with Crippen molar-refractivity contribution >= 4 is 31.9 Å². The van der Waals surface area contributed by atoms with E-state index in [1.165, 1.54) is 18.5 Å². The molecule has 0 unspecified atom stereocenters. The molecule has 0 spiro atoms. The molecule has 0 saturated heterocycles. The van der Waals surface area contributed by atoms with Crippen molar-refractivity contribution in [2.24, 2.45) is 0 Å². The second kappa shape index (κ2) is 5.56. The number of pyridine rings is 1. The van der Waals surface area contributed by atoms with E-state index in [9.17, 15) is 13.2 Å². The molecule has 0 bridgehead atoms. The number of nitrogens with zero attached hydrogens (tertiary/aromatic N) is 2. The summed E-state index contributed by atoms with van der Waals surface area (Å²) in [5.41, 5.74) is 0. The first-order valence-corrected chi connectivity index (χ1v) is 6.93. The molecule has 0 saturated carbocycles. The highest BCUT2D eigenvalue weighted by atomic mass is 79.9. The van der Waals surface area contributed by atoms with Crippen molar-refractivity contribution in [3.05, 3.63) is 22.9 Å². The van der Waals surface area contributed by atoms with Crippen LogP contribution in [0.25, 0.3) is 0 Å². The molecule has 1 aromatic heterocycles. The van der Waals surface area contributed by atoms with Gasteiger partial charge in [-0.3, -0.25) is 9.78 Å². The summed E-state index contributed by atoms with van der Waals surface area (Å²) >= 11 is 3.11. The van der Waals surface area contributed by atoms with E-state index < -0.39 is 22.5 Å². The number of carboxylic acid groups (broad SMARTS) is 1. The van der Waals surface area contributed by atoms with Crippen LogP contribution in [0.2, 0.25) is 0 Å². The SMILES string of the molecule is CCN(CC(=O)O)S(=O)(=O)c1cncc(Br)c1. The molecule has 1 rings (SSSR count). The molecule has 8 heteroatoms. The molecule has 0 aliphatic heterocycles. The molecule has 0 aliphatic rings. The topological polar surface area (TPSA) is 87.6 Å². The van der Waals surface area contributed by atoms with Gasteiger partial charge in [-0.1, -0.05) is 6.92 Å². The van der Waals surface area contributed by atoms with Crippen molar-refractivity contribution in [3.8, 4) is 0 Å². The molecular weight excluding hydrogens is 312 g/mol. The Balaban J connectivity index is 3.13. The lowest BCUT2D eigenvalue weighted by Crippen LogP contribution is -2.35. The summed E-state index contributed by atoms with van der Waals surface area (Å²) in [5.74, 6) is -1.20. The Hall–Kier alpha value is -0.990. The van der Waals surface area contributed by atoms with Gasteiger partial charge in [0.15, 0.2) is 0 Å². The van der Waals surface area contributed by atoms with Crippen molar-refractivity contribution in [3.63, 3.8) is 0 Å². The van der Waals surface area contributed by atoms with Gasteiger partial charge in [-0.25, -0.2) is 8.42 Å². The van der Waals surface area contributed by atoms with Crippen molar-refractivity contribution < 1.29 is 18.3 Å². The molecule has 0 fully saturated rings. The van der Waals surface area contributed by atoms with Crippen LogP contribution in [0.4, 0.5) is 0 Å². The minimum absolute atomic E-state index is 0.0324. The molecule has 0 aliphatic carbocycles. The lowest BCUT2D eigenvalue weighted by molar-refractivity contribution is -0.137. The molecular formula is C9H11BrN2O4S. The van der Waals surface area contributed by atoms with E-state index >= 15 is 0 Å². The highest BCUT2D eigenvalue weighted by Crippen LogP contribution is 2.18. The predicted molar refractivity (Wildman–Crippen MR) is 64.0 cm³/mol. The number of carboxylic acids is 1. The number of aromatic nitrogens is 1. The van der Waals surface area contributed by atoms with Gasteiger partial charge in [0.25, 0.3) is 0 Å². The Bertz CT molecular complexity index is 517. The van der Waals surface area contributed by atoms with Gasteiger partial charge in [-0.05, 0) is 22.0 Å². The van der Waals surface area contributed by atoms with Crippen LogP contribution >= 0.6 is 15.9 Å². The highest BCUT2D eigenvalue weighted by molar-refractivity contribution is 9.10. The molecule has 17 heavy (non-hydrogen) atoms. The van der Waals surface area contributed by atoms with Crippen LogP contribution in [0.3, 0.4) is 0 Å². The highest BCUT2D eigenvalue weighted by Gasteiger charge is 2.25. The van der Waals surface area contributed by atoms with Crippen LogP contribution in [-0.4, -0.2) is 41.9 Å². The average molecular weight is 323 g/mol. The first-order valence-electron chi connectivity index (χ1n) is 4.70. The molecule has 0 aromatic carbocycles. The number of halogens is 1. The first-order chi connectivity index (χ1) is 7.87. The van der Waals surface area contributed by atoms with Gasteiger partial charge in [-0.2, -0.15) is 4.31 Å². The van der Waals surface area contributed by atoms with E-state index in [0.717, 1.165) is 4.31 Å². The van der Waals surface area contributed by atoms with Gasteiger partial charge in [0.05, 0.1) is 0 Å². The number of sulfonamides is 1. The van der Waals surface area contributed by atoms with Crippen LogP contribution in [0.5, 0.6) is 0 Å².